The number of nitrogens with zero attached hydrogens (tertiary/aromatic N) is 1. The van der Waals surface area contributed by atoms with Crippen LogP contribution in [0.5, 0.6) is 0 Å². The molecule has 1 rings (SSSR count). The Bertz CT molecular complexity index is 293. The molecule has 0 amide bonds. The summed E-state index contributed by atoms with van der Waals surface area (Å²) in [6.45, 7) is 4.37. The summed E-state index contributed by atoms with van der Waals surface area (Å²) in [6.07, 6.45) is 9.92. The molecule has 2 heteroatoms. The minimum atomic E-state index is 0.267. The van der Waals surface area contributed by atoms with Crippen molar-refractivity contribution in [1.29, 1.82) is 0 Å². The molecule has 0 saturated heterocycles. The lowest BCUT2D eigenvalue weighted by atomic mass is 9.97. The molecule has 0 aliphatic carbocycles. The second-order valence-electron chi connectivity index (χ2n) is 3.97. The SMILES string of the molecule is CCC(C)C(N)C/C=C\c1cccnc1. The lowest BCUT2D eigenvalue weighted by molar-refractivity contribution is 0.446. The van der Waals surface area contributed by atoms with E-state index in [9.17, 15) is 0 Å². The highest BCUT2D eigenvalue weighted by atomic mass is 14.6. The molecule has 0 bridgehead atoms. The number of nitrogens with two attached hydrogens (primary N) is 1. The highest BCUT2D eigenvalue weighted by Crippen LogP contribution is 2.10. The Balaban J connectivity index is 2.40. The molecule has 1 aromatic heterocycles. The zero-order valence-electron chi connectivity index (χ0n) is 9.56. The van der Waals surface area contributed by atoms with Gasteiger partial charge in [0.25, 0.3) is 0 Å². The molecule has 0 saturated carbocycles. The molecule has 15 heavy (non-hydrogen) atoms. The van der Waals surface area contributed by atoms with Crippen molar-refractivity contribution in [3.8, 4) is 0 Å². The number of aromatic nitrogens is 1. The molecule has 1 aromatic rings. The highest BCUT2D eigenvalue weighted by molar-refractivity contribution is 5.47. The highest BCUT2D eigenvalue weighted by Gasteiger charge is 2.07. The van der Waals surface area contributed by atoms with Crippen LogP contribution in [-0.2, 0) is 0 Å². The van der Waals surface area contributed by atoms with E-state index in [1.807, 2.05) is 18.3 Å². The van der Waals surface area contributed by atoms with E-state index in [2.05, 4.69) is 31.0 Å². The van der Waals surface area contributed by atoms with Crippen molar-refractivity contribution < 1.29 is 0 Å². The van der Waals surface area contributed by atoms with Crippen LogP contribution in [-0.4, -0.2) is 11.0 Å². The third-order valence-electron chi connectivity index (χ3n) is 2.78. The van der Waals surface area contributed by atoms with Gasteiger partial charge in [-0.05, 0) is 24.0 Å². The molecule has 1 heterocycles. The number of hydrogen-bond donors (Lipinski definition) is 1. The predicted molar refractivity (Wildman–Crippen MR) is 65.3 cm³/mol. The van der Waals surface area contributed by atoms with Crippen LogP contribution in [0.2, 0.25) is 0 Å². The van der Waals surface area contributed by atoms with Gasteiger partial charge in [-0.1, -0.05) is 38.5 Å². The average Bonchev–Trinajstić information content (AvgIpc) is 2.29. The molecule has 0 radical (unpaired) electrons. The molecule has 2 N–H and O–H groups in total. The first-order chi connectivity index (χ1) is 7.24. The summed E-state index contributed by atoms with van der Waals surface area (Å²) in [7, 11) is 0. The van der Waals surface area contributed by atoms with Crippen molar-refractivity contribution in [3.05, 3.63) is 36.2 Å². The van der Waals surface area contributed by atoms with Crippen LogP contribution in [0.25, 0.3) is 6.08 Å². The molecule has 2 nitrogen and oxygen atoms in total. The minimum Gasteiger partial charge on any atom is -0.327 e. The third kappa shape index (κ3) is 4.26. The molecule has 0 aromatic carbocycles. The fourth-order valence-electron chi connectivity index (χ4n) is 1.37. The first kappa shape index (κ1) is 11.9. The van der Waals surface area contributed by atoms with Gasteiger partial charge in [0.1, 0.15) is 0 Å². The molecule has 82 valence electrons. The third-order valence-corrected chi connectivity index (χ3v) is 2.78. The quantitative estimate of drug-likeness (QED) is 0.801. The van der Waals surface area contributed by atoms with Gasteiger partial charge < -0.3 is 5.73 Å². The summed E-state index contributed by atoms with van der Waals surface area (Å²) in [5.74, 6) is 0.587. The van der Waals surface area contributed by atoms with Crippen molar-refractivity contribution in [2.75, 3.05) is 0 Å². The Morgan fingerprint density at radius 3 is 2.93 bits per heavy atom. The fourth-order valence-corrected chi connectivity index (χ4v) is 1.37. The van der Waals surface area contributed by atoms with Crippen molar-refractivity contribution in [1.82, 2.24) is 4.98 Å². The van der Waals surface area contributed by atoms with Crippen LogP contribution in [0, 0.1) is 5.92 Å². The maximum absolute atomic E-state index is 6.03. The number of pyridine rings is 1. The van der Waals surface area contributed by atoms with Crippen molar-refractivity contribution in [3.63, 3.8) is 0 Å². The van der Waals surface area contributed by atoms with E-state index in [1.54, 1.807) is 6.20 Å². The molecule has 0 aliphatic heterocycles. The zero-order valence-corrected chi connectivity index (χ0v) is 9.56. The fraction of sp³-hybridized carbons (Fsp3) is 0.462. The Morgan fingerprint density at radius 1 is 1.53 bits per heavy atom. The Kier molecular flexibility index (Phi) is 5.05. The van der Waals surface area contributed by atoms with Gasteiger partial charge in [0.2, 0.25) is 0 Å². The summed E-state index contributed by atoms with van der Waals surface area (Å²) >= 11 is 0. The van der Waals surface area contributed by atoms with E-state index in [0.717, 1.165) is 18.4 Å². The summed E-state index contributed by atoms with van der Waals surface area (Å²) in [4.78, 5) is 4.05. The molecular weight excluding hydrogens is 184 g/mol. The van der Waals surface area contributed by atoms with Gasteiger partial charge >= 0.3 is 0 Å². The van der Waals surface area contributed by atoms with Gasteiger partial charge in [-0.25, -0.2) is 0 Å². The van der Waals surface area contributed by atoms with Crippen LogP contribution in [0.1, 0.15) is 32.3 Å². The van der Waals surface area contributed by atoms with E-state index >= 15 is 0 Å². The molecule has 0 spiro atoms. The lowest BCUT2D eigenvalue weighted by Crippen LogP contribution is -2.26. The van der Waals surface area contributed by atoms with Crippen LogP contribution in [0.3, 0.4) is 0 Å². The van der Waals surface area contributed by atoms with Crippen molar-refractivity contribution >= 4 is 6.08 Å². The molecular formula is C13H20N2. The van der Waals surface area contributed by atoms with Crippen molar-refractivity contribution in [2.45, 2.75) is 32.7 Å². The normalized spacial score (nSPS) is 15.4. The maximum atomic E-state index is 6.03. The van der Waals surface area contributed by atoms with Crippen LogP contribution in [0.4, 0.5) is 0 Å². The lowest BCUT2D eigenvalue weighted by Gasteiger charge is -2.15. The zero-order chi connectivity index (χ0) is 11.1. The van der Waals surface area contributed by atoms with E-state index in [0.29, 0.717) is 5.92 Å². The minimum absolute atomic E-state index is 0.267. The van der Waals surface area contributed by atoms with E-state index in [-0.39, 0.29) is 6.04 Å². The largest absolute Gasteiger partial charge is 0.327 e. The second-order valence-corrected chi connectivity index (χ2v) is 3.97. The number of rotatable bonds is 5. The van der Waals surface area contributed by atoms with E-state index in [4.69, 9.17) is 5.73 Å². The first-order valence-electron chi connectivity index (χ1n) is 5.56. The first-order valence-corrected chi connectivity index (χ1v) is 5.56. The Labute approximate surface area is 92.2 Å². The topological polar surface area (TPSA) is 38.9 Å². The monoisotopic (exact) mass is 204 g/mol. The summed E-state index contributed by atoms with van der Waals surface area (Å²) < 4.78 is 0. The molecule has 2 unspecified atom stereocenters. The second kappa shape index (κ2) is 6.36. The Hall–Kier alpha value is -1.15. The van der Waals surface area contributed by atoms with Gasteiger partial charge in [-0.2, -0.15) is 0 Å². The summed E-state index contributed by atoms with van der Waals surface area (Å²) in [6, 6.07) is 4.25. The molecule has 0 aliphatic rings. The van der Waals surface area contributed by atoms with Crippen LogP contribution >= 0.6 is 0 Å². The average molecular weight is 204 g/mol. The van der Waals surface area contributed by atoms with Gasteiger partial charge in [0, 0.05) is 18.4 Å². The van der Waals surface area contributed by atoms with Crippen LogP contribution < -0.4 is 5.73 Å². The van der Waals surface area contributed by atoms with Crippen LogP contribution in [0.15, 0.2) is 30.6 Å². The summed E-state index contributed by atoms with van der Waals surface area (Å²) in [5.41, 5.74) is 7.16. The molecule has 2 atom stereocenters. The molecule has 0 fully saturated rings. The van der Waals surface area contributed by atoms with E-state index in [1.165, 1.54) is 0 Å². The van der Waals surface area contributed by atoms with Gasteiger partial charge in [-0.15, -0.1) is 0 Å². The van der Waals surface area contributed by atoms with Gasteiger partial charge in [0.05, 0.1) is 0 Å². The predicted octanol–water partition coefficient (Wildman–Crippen LogP) is 2.86. The standard InChI is InChI=1S/C13H20N2/c1-3-11(2)13(14)8-4-6-12-7-5-9-15-10-12/h4-7,9-11,13H,3,8,14H2,1-2H3/b6-4-. The smallest absolute Gasteiger partial charge is 0.0340 e. The summed E-state index contributed by atoms with van der Waals surface area (Å²) in [5, 5.41) is 0. The maximum Gasteiger partial charge on any atom is 0.0340 e. The van der Waals surface area contributed by atoms with E-state index < -0.39 is 0 Å². The van der Waals surface area contributed by atoms with Gasteiger partial charge in [0.15, 0.2) is 0 Å². The van der Waals surface area contributed by atoms with Gasteiger partial charge in [-0.3, -0.25) is 4.98 Å². The Morgan fingerprint density at radius 2 is 2.33 bits per heavy atom. The number of hydrogen-bond acceptors (Lipinski definition) is 2. The van der Waals surface area contributed by atoms with Crippen molar-refractivity contribution in [2.24, 2.45) is 11.7 Å².